The molecule has 9 heteroatoms. The van der Waals surface area contributed by atoms with Crippen molar-refractivity contribution in [3.8, 4) is 5.75 Å². The van der Waals surface area contributed by atoms with Gasteiger partial charge in [-0.05, 0) is 73.9 Å². The van der Waals surface area contributed by atoms with Crippen LogP contribution in [0.5, 0.6) is 5.75 Å². The van der Waals surface area contributed by atoms with Crippen LogP contribution in [0.15, 0.2) is 92.0 Å². The minimum atomic E-state index is -1.23. The Bertz CT molecular complexity index is 1670. The van der Waals surface area contributed by atoms with Gasteiger partial charge in [0.15, 0.2) is 0 Å². The third-order valence-electron chi connectivity index (χ3n) is 9.78. The smallest absolute Gasteiger partial charge is 0.253 e. The maximum atomic E-state index is 14.8. The number of hydrogen-bond donors (Lipinski definition) is 1. The highest BCUT2D eigenvalue weighted by atomic mass is 16.5. The van der Waals surface area contributed by atoms with Crippen molar-refractivity contribution in [1.29, 1.82) is 0 Å². The Labute approximate surface area is 269 Å². The van der Waals surface area contributed by atoms with Gasteiger partial charge in [0.1, 0.15) is 17.4 Å². The summed E-state index contributed by atoms with van der Waals surface area (Å²) < 4.78 is 12.4. The number of β-amino-alcohol motifs (C(OH)–C–C–N with tert-alkyl or cyclic N) is 1. The summed E-state index contributed by atoms with van der Waals surface area (Å²) in [6.45, 7) is 12.1. The van der Waals surface area contributed by atoms with Crippen LogP contribution in [0, 0.1) is 11.8 Å². The number of ether oxygens (including phenoxy) is 2. The van der Waals surface area contributed by atoms with E-state index in [9.17, 15) is 19.5 Å². The van der Waals surface area contributed by atoms with Gasteiger partial charge in [0, 0.05) is 31.0 Å². The van der Waals surface area contributed by atoms with Gasteiger partial charge in [-0.25, -0.2) is 0 Å². The molecule has 0 radical (unpaired) electrons. The van der Waals surface area contributed by atoms with E-state index in [1.54, 1.807) is 22.0 Å². The van der Waals surface area contributed by atoms with Crippen LogP contribution >= 0.6 is 0 Å². The van der Waals surface area contributed by atoms with Crippen molar-refractivity contribution in [3.05, 3.63) is 92.0 Å². The second-order valence-corrected chi connectivity index (χ2v) is 12.4. The van der Waals surface area contributed by atoms with E-state index in [1.165, 1.54) is 4.90 Å². The molecular formula is C37H41N3O6. The lowest BCUT2D eigenvalue weighted by Gasteiger charge is -2.37. The maximum Gasteiger partial charge on any atom is 0.253 e. The lowest BCUT2D eigenvalue weighted by molar-refractivity contribution is -0.145. The number of fused-ring (bicyclic) bond motifs is 2. The number of rotatable bonds is 12. The monoisotopic (exact) mass is 623 g/mol. The molecule has 3 amide bonds. The van der Waals surface area contributed by atoms with E-state index in [2.05, 4.69) is 13.2 Å². The number of aliphatic hydroxyl groups is 1. The first-order valence-electron chi connectivity index (χ1n) is 15.9. The molecule has 3 fully saturated rings. The summed E-state index contributed by atoms with van der Waals surface area (Å²) in [6, 6.07) is 19.9. The Morgan fingerprint density at radius 3 is 2.28 bits per heavy atom. The summed E-state index contributed by atoms with van der Waals surface area (Å²) >= 11 is 0. The fourth-order valence-corrected chi connectivity index (χ4v) is 7.88. The molecule has 6 rings (SSSR count). The zero-order valence-corrected chi connectivity index (χ0v) is 26.4. The minimum absolute atomic E-state index is 0.0522. The highest BCUT2D eigenvalue weighted by molar-refractivity contribution is 6.07. The Balaban J connectivity index is 1.39. The molecule has 3 heterocycles. The first-order chi connectivity index (χ1) is 22.2. The summed E-state index contributed by atoms with van der Waals surface area (Å²) in [5.41, 5.74) is -0.877. The van der Waals surface area contributed by atoms with Gasteiger partial charge in [-0.2, -0.15) is 0 Å². The number of hydrogen-bond acceptors (Lipinski definition) is 6. The van der Waals surface area contributed by atoms with Crippen LogP contribution < -0.4 is 14.5 Å². The first kappa shape index (κ1) is 31.5. The molecule has 2 bridgehead atoms. The van der Waals surface area contributed by atoms with Crippen molar-refractivity contribution in [2.75, 3.05) is 42.6 Å². The van der Waals surface area contributed by atoms with Crippen LogP contribution in [0.3, 0.4) is 0 Å². The Morgan fingerprint density at radius 2 is 1.63 bits per heavy atom. The molecule has 1 spiro atoms. The average Bonchev–Trinajstić information content (AvgIpc) is 3.63. The second kappa shape index (κ2) is 12.4. The summed E-state index contributed by atoms with van der Waals surface area (Å²) in [5.74, 6) is -1.98. The number of nitrogens with zero attached hydrogens (tertiary/aromatic N) is 3. The highest BCUT2D eigenvalue weighted by Crippen LogP contribution is 2.63. The van der Waals surface area contributed by atoms with Gasteiger partial charge in [0.05, 0.1) is 30.7 Å². The number of carbonyl (C=O) groups excluding carboxylic acids is 3. The lowest BCUT2D eigenvalue weighted by atomic mass is 9.66. The van der Waals surface area contributed by atoms with Gasteiger partial charge in [0.2, 0.25) is 11.8 Å². The molecule has 3 aliphatic rings. The number of carbonyl (C=O) groups is 3. The summed E-state index contributed by atoms with van der Waals surface area (Å²) in [5, 5.41) is 12.1. The second-order valence-electron chi connectivity index (χ2n) is 12.4. The predicted molar refractivity (Wildman–Crippen MR) is 178 cm³/mol. The fourth-order valence-electron chi connectivity index (χ4n) is 7.88. The summed E-state index contributed by atoms with van der Waals surface area (Å²) in [4.78, 5) is 48.4. The number of anilines is 2. The van der Waals surface area contributed by atoms with Crippen molar-refractivity contribution in [3.63, 3.8) is 0 Å². The van der Waals surface area contributed by atoms with Crippen LogP contribution in [-0.2, 0) is 19.1 Å². The van der Waals surface area contributed by atoms with E-state index in [0.29, 0.717) is 36.6 Å². The topological polar surface area (TPSA) is 99.6 Å². The van der Waals surface area contributed by atoms with Crippen LogP contribution in [0.2, 0.25) is 0 Å². The van der Waals surface area contributed by atoms with Gasteiger partial charge in [-0.3, -0.25) is 14.4 Å². The quantitative estimate of drug-likeness (QED) is 0.293. The molecule has 3 saturated heterocycles. The lowest BCUT2D eigenvalue weighted by Crippen LogP contribution is -2.57. The number of benzene rings is 3. The van der Waals surface area contributed by atoms with Crippen LogP contribution in [-0.4, -0.2) is 77.8 Å². The summed E-state index contributed by atoms with van der Waals surface area (Å²) in [6.07, 6.45) is 4.25. The molecular weight excluding hydrogens is 582 g/mol. The van der Waals surface area contributed by atoms with Gasteiger partial charge < -0.3 is 29.3 Å². The van der Waals surface area contributed by atoms with Gasteiger partial charge >= 0.3 is 0 Å². The van der Waals surface area contributed by atoms with Gasteiger partial charge in [0.25, 0.3) is 5.91 Å². The fraction of sp³-hybridized carbons (Fsp3) is 0.378. The third kappa shape index (κ3) is 4.98. The largest absolute Gasteiger partial charge is 0.494 e. The van der Waals surface area contributed by atoms with E-state index in [0.717, 1.165) is 10.8 Å². The summed E-state index contributed by atoms with van der Waals surface area (Å²) in [7, 11) is 0. The number of likely N-dealkylation sites (tertiary alicyclic amines) is 1. The number of amides is 3. The molecule has 0 saturated carbocycles. The molecule has 240 valence electrons. The van der Waals surface area contributed by atoms with E-state index < -0.39 is 29.1 Å². The Morgan fingerprint density at radius 1 is 0.978 bits per heavy atom. The molecule has 46 heavy (non-hydrogen) atoms. The maximum absolute atomic E-state index is 14.8. The molecule has 3 aromatic rings. The average molecular weight is 624 g/mol. The van der Waals surface area contributed by atoms with Crippen molar-refractivity contribution in [1.82, 2.24) is 4.90 Å². The van der Waals surface area contributed by atoms with E-state index in [-0.39, 0.29) is 44.0 Å². The Kier molecular flexibility index (Phi) is 8.48. The predicted octanol–water partition coefficient (Wildman–Crippen LogP) is 4.73. The normalized spacial score (nSPS) is 26.2. The highest BCUT2D eigenvalue weighted by Gasteiger charge is 2.78. The molecule has 2 unspecified atom stereocenters. The first-order valence-corrected chi connectivity index (χ1v) is 15.9. The molecule has 1 N–H and O–H groups in total. The van der Waals surface area contributed by atoms with Crippen molar-refractivity contribution in [2.24, 2.45) is 11.8 Å². The molecule has 5 atom stereocenters. The molecule has 0 aromatic heterocycles. The Hall–Kier alpha value is -4.47. The molecule has 3 aliphatic heterocycles. The number of aliphatic hydroxyl groups excluding tert-OH is 1. The van der Waals surface area contributed by atoms with Gasteiger partial charge in [-0.1, -0.05) is 42.5 Å². The minimum Gasteiger partial charge on any atom is -0.494 e. The SMILES string of the molecule is C=CCN(C(=O)C1N(CCO)C(=O)[C@@H]2[C@H](C(=O)N(CC=C)c3ccc(OCC)cc3)[C@]3(C)CCC12O3)c1ccc2ccccc2c1. The standard InChI is InChI=1S/C37H41N3O6/c1-5-20-38(27-14-16-29(17-15-27)45-7-3)33(42)30-31-34(43)40(22-23-41)32(37(31)19-18-36(30,4)46-37)35(44)39(21-6-2)28-13-12-25-10-8-9-11-26(25)24-28/h5-6,8-17,24,30-32,41H,1-2,7,18-23H2,3-4H3/t30-,31+,32?,36+,37?/m1/s1. The van der Waals surface area contributed by atoms with E-state index >= 15 is 0 Å². The van der Waals surface area contributed by atoms with Crippen molar-refractivity contribution >= 4 is 39.9 Å². The third-order valence-corrected chi connectivity index (χ3v) is 9.78. The zero-order valence-electron chi connectivity index (χ0n) is 26.4. The van der Waals surface area contributed by atoms with E-state index in [1.807, 2.05) is 80.6 Å². The molecule has 3 aromatic carbocycles. The van der Waals surface area contributed by atoms with Crippen molar-refractivity contribution < 1.29 is 29.0 Å². The zero-order chi connectivity index (χ0) is 32.6. The van der Waals surface area contributed by atoms with Crippen LogP contribution in [0.4, 0.5) is 11.4 Å². The van der Waals surface area contributed by atoms with Crippen molar-refractivity contribution in [2.45, 2.75) is 43.9 Å². The molecule has 0 aliphatic carbocycles. The van der Waals surface area contributed by atoms with Crippen LogP contribution in [0.1, 0.15) is 26.7 Å². The van der Waals surface area contributed by atoms with Crippen LogP contribution in [0.25, 0.3) is 10.8 Å². The van der Waals surface area contributed by atoms with Gasteiger partial charge in [-0.15, -0.1) is 13.2 Å². The van der Waals surface area contributed by atoms with E-state index in [4.69, 9.17) is 9.47 Å². The molecule has 9 nitrogen and oxygen atoms in total.